The summed E-state index contributed by atoms with van der Waals surface area (Å²) in [5.74, 6) is 0.110. The lowest BCUT2D eigenvalue weighted by atomic mass is 10.3. The maximum absolute atomic E-state index is 11.0. The van der Waals surface area contributed by atoms with Gasteiger partial charge in [-0.2, -0.15) is 0 Å². The molecule has 0 atom stereocenters. The lowest BCUT2D eigenvalue weighted by Crippen LogP contribution is -1.95. The number of nitrogens with zero attached hydrogens (tertiary/aromatic N) is 2. The number of hydrogen-bond acceptors (Lipinski definition) is 5. The van der Waals surface area contributed by atoms with E-state index in [1.165, 1.54) is 30.3 Å². The number of hydrogen-bond donors (Lipinski definition) is 0. The van der Waals surface area contributed by atoms with Gasteiger partial charge in [0.2, 0.25) is 5.75 Å². The standard InChI is InChI=1S/C12H6Br2N2O5/c13-7-1-4-11(10(5-7)16(19)20)21-12-6-8(15(17)18)2-3-9(12)14/h1-6H. The van der Waals surface area contributed by atoms with Crippen molar-refractivity contribution < 1.29 is 14.6 Å². The van der Waals surface area contributed by atoms with Crippen molar-refractivity contribution in [2.24, 2.45) is 0 Å². The molecule has 0 N–H and O–H groups in total. The van der Waals surface area contributed by atoms with Crippen molar-refractivity contribution in [3.05, 3.63) is 65.6 Å². The highest BCUT2D eigenvalue weighted by Gasteiger charge is 2.18. The van der Waals surface area contributed by atoms with Crippen LogP contribution in [0.15, 0.2) is 45.3 Å². The zero-order chi connectivity index (χ0) is 15.6. The summed E-state index contributed by atoms with van der Waals surface area (Å²) < 4.78 is 6.41. The third kappa shape index (κ3) is 3.56. The Morgan fingerprint density at radius 3 is 2.24 bits per heavy atom. The molecule has 0 heterocycles. The van der Waals surface area contributed by atoms with Crippen molar-refractivity contribution in [2.45, 2.75) is 0 Å². The largest absolute Gasteiger partial charge is 0.449 e. The highest BCUT2D eigenvalue weighted by molar-refractivity contribution is 9.10. The Kier molecular flexibility index (Phi) is 4.53. The van der Waals surface area contributed by atoms with E-state index in [4.69, 9.17) is 4.74 Å². The molecule has 0 radical (unpaired) electrons. The molecule has 2 aromatic rings. The second-order valence-electron chi connectivity index (χ2n) is 3.84. The van der Waals surface area contributed by atoms with Gasteiger partial charge in [0.1, 0.15) is 5.75 Å². The fourth-order valence-electron chi connectivity index (χ4n) is 1.52. The molecule has 0 fully saturated rings. The minimum absolute atomic E-state index is 0.00982. The van der Waals surface area contributed by atoms with Crippen LogP contribution in [0.5, 0.6) is 11.5 Å². The van der Waals surface area contributed by atoms with Crippen LogP contribution in [0, 0.1) is 20.2 Å². The van der Waals surface area contributed by atoms with Gasteiger partial charge in [-0.3, -0.25) is 20.2 Å². The van der Waals surface area contributed by atoms with Crippen molar-refractivity contribution in [3.8, 4) is 11.5 Å². The Bertz CT molecular complexity index is 736. The summed E-state index contributed by atoms with van der Waals surface area (Å²) in [6.07, 6.45) is 0. The van der Waals surface area contributed by atoms with Crippen LogP contribution < -0.4 is 4.74 Å². The third-order valence-corrected chi connectivity index (χ3v) is 3.61. The molecule has 21 heavy (non-hydrogen) atoms. The molecular formula is C12H6Br2N2O5. The average Bonchev–Trinajstić information content (AvgIpc) is 2.42. The third-order valence-electron chi connectivity index (χ3n) is 2.46. The van der Waals surface area contributed by atoms with E-state index in [1.807, 2.05) is 0 Å². The molecule has 0 aliphatic heterocycles. The fourth-order valence-corrected chi connectivity index (χ4v) is 2.20. The van der Waals surface area contributed by atoms with Crippen LogP contribution in [0.25, 0.3) is 0 Å². The van der Waals surface area contributed by atoms with Crippen LogP contribution in [0.2, 0.25) is 0 Å². The first-order valence-electron chi connectivity index (χ1n) is 5.44. The molecule has 9 heteroatoms. The smallest absolute Gasteiger partial charge is 0.312 e. The summed E-state index contributed by atoms with van der Waals surface area (Å²) in [6.45, 7) is 0. The van der Waals surface area contributed by atoms with Gasteiger partial charge < -0.3 is 4.74 Å². The van der Waals surface area contributed by atoms with Crippen LogP contribution in [0.3, 0.4) is 0 Å². The van der Waals surface area contributed by atoms with E-state index in [0.29, 0.717) is 8.95 Å². The summed E-state index contributed by atoms with van der Waals surface area (Å²) in [5.41, 5.74) is -0.421. The van der Waals surface area contributed by atoms with E-state index in [-0.39, 0.29) is 22.9 Å². The van der Waals surface area contributed by atoms with Crippen molar-refractivity contribution in [1.29, 1.82) is 0 Å². The van der Waals surface area contributed by atoms with Gasteiger partial charge in [-0.05, 0) is 34.1 Å². The minimum atomic E-state index is -0.592. The molecule has 0 saturated carbocycles. The fraction of sp³-hybridized carbons (Fsp3) is 0. The SMILES string of the molecule is O=[N+]([O-])c1ccc(Br)c(Oc2ccc(Br)cc2[N+](=O)[O-])c1. The first-order chi connectivity index (χ1) is 9.88. The van der Waals surface area contributed by atoms with Crippen LogP contribution in [-0.4, -0.2) is 9.85 Å². The molecule has 0 unspecified atom stereocenters. The lowest BCUT2D eigenvalue weighted by Gasteiger charge is -2.08. The zero-order valence-electron chi connectivity index (χ0n) is 10.2. The number of nitro groups is 2. The van der Waals surface area contributed by atoms with E-state index in [2.05, 4.69) is 31.9 Å². The maximum Gasteiger partial charge on any atom is 0.312 e. The van der Waals surface area contributed by atoms with E-state index < -0.39 is 9.85 Å². The van der Waals surface area contributed by atoms with Gasteiger partial charge in [-0.15, -0.1) is 0 Å². The molecule has 7 nitrogen and oxygen atoms in total. The second-order valence-corrected chi connectivity index (χ2v) is 5.61. The number of benzene rings is 2. The Morgan fingerprint density at radius 1 is 0.905 bits per heavy atom. The van der Waals surface area contributed by atoms with Crippen LogP contribution in [0.1, 0.15) is 0 Å². The van der Waals surface area contributed by atoms with Gasteiger partial charge in [-0.1, -0.05) is 15.9 Å². The Labute approximate surface area is 135 Å². The quantitative estimate of drug-likeness (QED) is 0.524. The summed E-state index contributed by atoms with van der Waals surface area (Å²) in [7, 11) is 0. The summed E-state index contributed by atoms with van der Waals surface area (Å²) in [6, 6.07) is 8.21. The maximum atomic E-state index is 11.0. The molecule has 0 aliphatic carbocycles. The summed E-state index contributed by atoms with van der Waals surface area (Å²) >= 11 is 6.32. The number of rotatable bonds is 4. The number of halogens is 2. The molecule has 0 spiro atoms. The van der Waals surface area contributed by atoms with Crippen LogP contribution in [-0.2, 0) is 0 Å². The van der Waals surface area contributed by atoms with Crippen molar-refractivity contribution in [1.82, 2.24) is 0 Å². The van der Waals surface area contributed by atoms with Gasteiger partial charge in [0, 0.05) is 16.6 Å². The molecular weight excluding hydrogens is 412 g/mol. The van der Waals surface area contributed by atoms with Crippen molar-refractivity contribution in [3.63, 3.8) is 0 Å². The monoisotopic (exact) mass is 416 g/mol. The highest BCUT2D eigenvalue weighted by atomic mass is 79.9. The Morgan fingerprint density at radius 2 is 1.62 bits per heavy atom. The van der Waals surface area contributed by atoms with Gasteiger partial charge in [0.25, 0.3) is 5.69 Å². The number of non-ortho nitro benzene ring substituents is 1. The van der Waals surface area contributed by atoms with Gasteiger partial charge in [0.15, 0.2) is 0 Å². The molecule has 0 amide bonds. The van der Waals surface area contributed by atoms with Crippen molar-refractivity contribution in [2.75, 3.05) is 0 Å². The number of ether oxygens (including phenoxy) is 1. The van der Waals surface area contributed by atoms with E-state index in [1.54, 1.807) is 6.07 Å². The molecule has 2 aromatic carbocycles. The number of nitro benzene ring substituents is 2. The lowest BCUT2D eigenvalue weighted by molar-refractivity contribution is -0.386. The Hall–Kier alpha value is -2.00. The molecule has 0 aliphatic rings. The molecule has 108 valence electrons. The molecule has 0 bridgehead atoms. The Balaban J connectivity index is 2.45. The first-order valence-corrected chi connectivity index (χ1v) is 7.03. The van der Waals surface area contributed by atoms with E-state index in [0.717, 1.165) is 0 Å². The van der Waals surface area contributed by atoms with Gasteiger partial charge in [-0.25, -0.2) is 0 Å². The van der Waals surface area contributed by atoms with Crippen LogP contribution >= 0.6 is 31.9 Å². The molecule has 0 aromatic heterocycles. The predicted octanol–water partition coefficient (Wildman–Crippen LogP) is 4.82. The summed E-state index contributed by atoms with van der Waals surface area (Å²) in [4.78, 5) is 20.6. The first kappa shape index (κ1) is 15.4. The summed E-state index contributed by atoms with van der Waals surface area (Å²) in [5, 5.41) is 21.8. The second kappa shape index (κ2) is 6.19. The van der Waals surface area contributed by atoms with Crippen molar-refractivity contribution >= 4 is 43.2 Å². The van der Waals surface area contributed by atoms with E-state index in [9.17, 15) is 20.2 Å². The highest BCUT2D eigenvalue weighted by Crippen LogP contribution is 2.38. The average molecular weight is 418 g/mol. The van der Waals surface area contributed by atoms with E-state index >= 15 is 0 Å². The van der Waals surface area contributed by atoms with Gasteiger partial charge >= 0.3 is 5.69 Å². The molecule has 2 rings (SSSR count). The predicted molar refractivity (Wildman–Crippen MR) is 81.7 cm³/mol. The molecule has 0 saturated heterocycles. The van der Waals surface area contributed by atoms with Gasteiger partial charge in [0.05, 0.1) is 20.4 Å². The minimum Gasteiger partial charge on any atom is -0.449 e. The zero-order valence-corrected chi connectivity index (χ0v) is 13.3. The normalized spacial score (nSPS) is 10.2. The topological polar surface area (TPSA) is 95.5 Å². The van der Waals surface area contributed by atoms with Crippen LogP contribution in [0.4, 0.5) is 11.4 Å².